The van der Waals surface area contributed by atoms with Crippen molar-refractivity contribution in [3.05, 3.63) is 29.5 Å². The highest BCUT2D eigenvalue weighted by atomic mass is 16.5. The molecule has 0 saturated carbocycles. The lowest BCUT2D eigenvalue weighted by Gasteiger charge is -2.17. The minimum atomic E-state index is -1.24. The normalized spacial score (nSPS) is 14.7. The number of aliphatic hydroxyl groups excluding tert-OH is 2. The monoisotopic (exact) mass is 407 g/mol. The number of hydrogen-bond donors (Lipinski definition) is 4. The van der Waals surface area contributed by atoms with Gasteiger partial charge in [-0.2, -0.15) is 0 Å². The number of carbonyl (C=O) groups is 3. The number of amides is 2. The molecule has 0 bridgehead atoms. The number of ether oxygens (including phenoxy) is 2. The molecule has 1 aromatic carbocycles. The predicted octanol–water partition coefficient (Wildman–Crippen LogP) is 0.0781. The Bertz CT molecular complexity index is 820. The van der Waals surface area contributed by atoms with Crippen LogP contribution in [-0.2, 0) is 19.1 Å². The van der Waals surface area contributed by atoms with Crippen LogP contribution in [0.1, 0.15) is 13.8 Å². The zero-order valence-electron chi connectivity index (χ0n) is 16.5. The number of hydrogen-bond acceptors (Lipinski definition) is 8. The van der Waals surface area contributed by atoms with E-state index in [9.17, 15) is 19.5 Å². The van der Waals surface area contributed by atoms with E-state index in [1.165, 1.54) is 18.9 Å². The second-order valence-corrected chi connectivity index (χ2v) is 6.23. The Hall–Kier alpha value is -3.11. The standard InChI is InChI=1S/C19H25N3O7/c1-4-29-12-5-6-14(21-17(25)11(2)24)15(9-12)20-16-13(19(27)28-3)10-22(7-8-23)18(16)26/h5-6,9,11,20,23-24H,4,7-8,10H2,1-3H3,(H,21,25). The highest BCUT2D eigenvalue weighted by Crippen LogP contribution is 2.31. The molecule has 10 nitrogen and oxygen atoms in total. The van der Waals surface area contributed by atoms with Crippen molar-refractivity contribution in [1.82, 2.24) is 4.90 Å². The summed E-state index contributed by atoms with van der Waals surface area (Å²) in [6, 6.07) is 4.73. The number of β-amino-alcohol motifs (C(OH)–C–C–N with tert-alkyl or cyclic N) is 1. The fraction of sp³-hybridized carbons (Fsp3) is 0.421. The Morgan fingerprint density at radius 2 is 2.03 bits per heavy atom. The van der Waals surface area contributed by atoms with Crippen molar-refractivity contribution in [2.45, 2.75) is 20.0 Å². The Labute approximate surface area is 168 Å². The van der Waals surface area contributed by atoms with E-state index in [0.717, 1.165) is 0 Å². The molecule has 2 rings (SSSR count). The number of anilines is 2. The molecule has 1 aromatic rings. The van der Waals surface area contributed by atoms with Gasteiger partial charge in [-0.1, -0.05) is 0 Å². The molecule has 1 aliphatic rings. The Morgan fingerprint density at radius 1 is 1.31 bits per heavy atom. The number of esters is 1. The van der Waals surface area contributed by atoms with Gasteiger partial charge in [0.05, 0.1) is 43.8 Å². The van der Waals surface area contributed by atoms with Crippen molar-refractivity contribution in [1.29, 1.82) is 0 Å². The minimum Gasteiger partial charge on any atom is -0.494 e. The molecule has 0 fully saturated rings. The van der Waals surface area contributed by atoms with Crippen LogP contribution in [0, 0.1) is 0 Å². The summed E-state index contributed by atoms with van der Waals surface area (Å²) in [5, 5.41) is 24.1. The summed E-state index contributed by atoms with van der Waals surface area (Å²) in [6.07, 6.45) is -1.24. The van der Waals surface area contributed by atoms with E-state index in [-0.39, 0.29) is 36.7 Å². The number of carbonyl (C=O) groups excluding carboxylic acids is 3. The molecular formula is C19H25N3O7. The van der Waals surface area contributed by atoms with Crippen molar-refractivity contribution in [2.75, 3.05) is 44.0 Å². The van der Waals surface area contributed by atoms with Crippen LogP contribution in [0.25, 0.3) is 0 Å². The molecule has 1 atom stereocenters. The quantitative estimate of drug-likeness (QED) is 0.422. The molecule has 158 valence electrons. The average molecular weight is 407 g/mol. The second-order valence-electron chi connectivity index (χ2n) is 6.23. The number of aliphatic hydroxyl groups is 2. The lowest BCUT2D eigenvalue weighted by atomic mass is 10.2. The average Bonchev–Trinajstić information content (AvgIpc) is 2.99. The Balaban J connectivity index is 2.44. The Kier molecular flexibility index (Phi) is 7.57. The van der Waals surface area contributed by atoms with Gasteiger partial charge in [0.25, 0.3) is 11.8 Å². The molecule has 0 aromatic heterocycles. The van der Waals surface area contributed by atoms with Crippen LogP contribution in [-0.4, -0.2) is 72.4 Å². The number of rotatable bonds is 9. The molecule has 0 radical (unpaired) electrons. The molecule has 1 heterocycles. The highest BCUT2D eigenvalue weighted by Gasteiger charge is 2.34. The second kappa shape index (κ2) is 9.89. The van der Waals surface area contributed by atoms with E-state index in [1.54, 1.807) is 25.1 Å². The first-order valence-corrected chi connectivity index (χ1v) is 9.06. The maximum atomic E-state index is 12.7. The zero-order chi connectivity index (χ0) is 21.6. The van der Waals surface area contributed by atoms with Gasteiger partial charge in [-0.15, -0.1) is 0 Å². The summed E-state index contributed by atoms with van der Waals surface area (Å²) in [5.74, 6) is -1.34. The van der Waals surface area contributed by atoms with E-state index in [2.05, 4.69) is 10.6 Å². The molecular weight excluding hydrogens is 382 g/mol. The maximum absolute atomic E-state index is 12.7. The van der Waals surface area contributed by atoms with Gasteiger partial charge in [-0.25, -0.2) is 4.79 Å². The van der Waals surface area contributed by atoms with Crippen LogP contribution in [0.5, 0.6) is 5.75 Å². The fourth-order valence-electron chi connectivity index (χ4n) is 2.71. The summed E-state index contributed by atoms with van der Waals surface area (Å²) in [5.41, 5.74) is 0.650. The van der Waals surface area contributed by atoms with Gasteiger partial charge >= 0.3 is 5.97 Å². The minimum absolute atomic E-state index is 0.0189. The van der Waals surface area contributed by atoms with Gasteiger partial charge in [0.15, 0.2) is 0 Å². The molecule has 0 aliphatic carbocycles. The lowest BCUT2D eigenvalue weighted by molar-refractivity contribution is -0.136. The maximum Gasteiger partial charge on any atom is 0.337 e. The lowest BCUT2D eigenvalue weighted by Crippen LogP contribution is -2.31. The first-order chi connectivity index (χ1) is 13.8. The largest absolute Gasteiger partial charge is 0.494 e. The van der Waals surface area contributed by atoms with Gasteiger partial charge in [0.1, 0.15) is 17.6 Å². The predicted molar refractivity (Wildman–Crippen MR) is 104 cm³/mol. The molecule has 2 amide bonds. The third kappa shape index (κ3) is 5.24. The van der Waals surface area contributed by atoms with Crippen LogP contribution in [0.4, 0.5) is 11.4 Å². The van der Waals surface area contributed by atoms with Crippen LogP contribution >= 0.6 is 0 Å². The first-order valence-electron chi connectivity index (χ1n) is 9.06. The fourth-order valence-corrected chi connectivity index (χ4v) is 2.71. The molecule has 0 spiro atoms. The van der Waals surface area contributed by atoms with Crippen LogP contribution < -0.4 is 15.4 Å². The van der Waals surface area contributed by atoms with Crippen molar-refractivity contribution in [2.24, 2.45) is 0 Å². The van der Waals surface area contributed by atoms with Crippen molar-refractivity contribution in [3.63, 3.8) is 0 Å². The Morgan fingerprint density at radius 3 is 2.62 bits per heavy atom. The molecule has 1 aliphatic heterocycles. The van der Waals surface area contributed by atoms with Gasteiger partial charge in [-0.3, -0.25) is 9.59 Å². The zero-order valence-corrected chi connectivity index (χ0v) is 16.5. The number of nitrogens with zero attached hydrogens (tertiary/aromatic N) is 1. The molecule has 0 saturated heterocycles. The number of nitrogens with one attached hydrogen (secondary N) is 2. The van der Waals surface area contributed by atoms with E-state index < -0.39 is 23.9 Å². The molecule has 29 heavy (non-hydrogen) atoms. The highest BCUT2D eigenvalue weighted by molar-refractivity contribution is 6.09. The summed E-state index contributed by atoms with van der Waals surface area (Å²) in [6.45, 7) is 3.30. The van der Waals surface area contributed by atoms with E-state index >= 15 is 0 Å². The SMILES string of the molecule is CCOc1ccc(NC(=O)C(C)O)c(NC2=C(C(=O)OC)CN(CCO)C2=O)c1. The third-order valence-electron chi connectivity index (χ3n) is 4.15. The summed E-state index contributed by atoms with van der Waals surface area (Å²) >= 11 is 0. The number of methoxy groups -OCH3 is 1. The third-order valence-corrected chi connectivity index (χ3v) is 4.15. The first kappa shape index (κ1) is 22.2. The molecule has 4 N–H and O–H groups in total. The molecule has 10 heteroatoms. The van der Waals surface area contributed by atoms with Gasteiger partial charge in [0.2, 0.25) is 0 Å². The van der Waals surface area contributed by atoms with Crippen LogP contribution in [0.2, 0.25) is 0 Å². The van der Waals surface area contributed by atoms with E-state index in [1.807, 2.05) is 0 Å². The molecule has 1 unspecified atom stereocenters. The summed E-state index contributed by atoms with van der Waals surface area (Å²) in [4.78, 5) is 38.1. The topological polar surface area (TPSA) is 137 Å². The van der Waals surface area contributed by atoms with Crippen molar-refractivity contribution in [3.8, 4) is 5.75 Å². The number of benzene rings is 1. The summed E-state index contributed by atoms with van der Waals surface area (Å²) < 4.78 is 10.2. The van der Waals surface area contributed by atoms with E-state index in [4.69, 9.17) is 14.6 Å². The van der Waals surface area contributed by atoms with Crippen molar-refractivity contribution < 1.29 is 34.1 Å². The van der Waals surface area contributed by atoms with Gasteiger partial charge in [-0.05, 0) is 26.0 Å². The summed E-state index contributed by atoms with van der Waals surface area (Å²) in [7, 11) is 1.20. The van der Waals surface area contributed by atoms with Crippen LogP contribution in [0.3, 0.4) is 0 Å². The van der Waals surface area contributed by atoms with Gasteiger partial charge in [0, 0.05) is 12.6 Å². The van der Waals surface area contributed by atoms with E-state index in [0.29, 0.717) is 18.0 Å². The van der Waals surface area contributed by atoms with Gasteiger partial charge < -0.3 is 35.2 Å². The smallest absolute Gasteiger partial charge is 0.337 e. The van der Waals surface area contributed by atoms with Crippen LogP contribution in [0.15, 0.2) is 29.5 Å². The van der Waals surface area contributed by atoms with Crippen molar-refractivity contribution >= 4 is 29.2 Å².